The summed E-state index contributed by atoms with van der Waals surface area (Å²) in [7, 11) is -3.45. The van der Waals surface area contributed by atoms with Crippen molar-refractivity contribution in [2.75, 3.05) is 18.4 Å². The van der Waals surface area contributed by atoms with Crippen molar-refractivity contribution in [2.45, 2.75) is 49.4 Å². The van der Waals surface area contributed by atoms with Gasteiger partial charge < -0.3 is 5.32 Å². The van der Waals surface area contributed by atoms with Gasteiger partial charge in [-0.2, -0.15) is 0 Å². The summed E-state index contributed by atoms with van der Waals surface area (Å²) in [5.41, 5.74) is 2.03. The first kappa shape index (κ1) is 21.0. The van der Waals surface area contributed by atoms with Gasteiger partial charge in [0.25, 0.3) is 0 Å². The Labute approximate surface area is 171 Å². The van der Waals surface area contributed by atoms with Crippen molar-refractivity contribution < 1.29 is 13.2 Å². The standard InChI is InChI=1S/C20H27N3O3S2/c1-3-16-6-8-17(9-7-16)21-20(24)15(2)23-12-10-18(11-13-23)22-28(25,26)19-5-4-14-27-19/h4-9,14-15,18,22H,3,10-13H2,1-2H3,(H,21,24)/t15-/m0/s1. The molecule has 1 aliphatic heterocycles. The van der Waals surface area contributed by atoms with Crippen LogP contribution in [0.1, 0.15) is 32.3 Å². The summed E-state index contributed by atoms with van der Waals surface area (Å²) in [5.74, 6) is -0.0399. The number of nitrogens with zero attached hydrogens (tertiary/aromatic N) is 1. The number of hydrogen-bond acceptors (Lipinski definition) is 5. The molecule has 1 aromatic carbocycles. The molecular formula is C20H27N3O3S2. The molecule has 0 bridgehead atoms. The minimum atomic E-state index is -3.45. The van der Waals surface area contributed by atoms with E-state index in [1.165, 1.54) is 16.9 Å². The predicted molar refractivity (Wildman–Crippen MR) is 113 cm³/mol. The Morgan fingerprint density at radius 2 is 1.89 bits per heavy atom. The van der Waals surface area contributed by atoms with Gasteiger partial charge in [-0.1, -0.05) is 25.1 Å². The number of aryl methyl sites for hydroxylation is 1. The maximum atomic E-state index is 12.6. The highest BCUT2D eigenvalue weighted by atomic mass is 32.2. The largest absolute Gasteiger partial charge is 0.325 e. The second kappa shape index (κ2) is 9.17. The van der Waals surface area contributed by atoms with Crippen LogP contribution in [0.2, 0.25) is 0 Å². The molecular weight excluding hydrogens is 394 g/mol. The van der Waals surface area contributed by atoms with Gasteiger partial charge >= 0.3 is 0 Å². The van der Waals surface area contributed by atoms with Crippen LogP contribution in [-0.2, 0) is 21.2 Å². The average Bonchev–Trinajstić information content (AvgIpc) is 3.24. The third-order valence-electron chi connectivity index (χ3n) is 5.17. The fourth-order valence-electron chi connectivity index (χ4n) is 3.33. The average molecular weight is 422 g/mol. The van der Waals surface area contributed by atoms with E-state index in [0.29, 0.717) is 30.1 Å². The summed E-state index contributed by atoms with van der Waals surface area (Å²) in [6, 6.07) is 10.9. The maximum Gasteiger partial charge on any atom is 0.250 e. The zero-order valence-corrected chi connectivity index (χ0v) is 17.9. The molecule has 1 saturated heterocycles. The minimum absolute atomic E-state index is 0.0399. The number of piperidine rings is 1. The van der Waals surface area contributed by atoms with Crippen molar-refractivity contribution in [1.29, 1.82) is 0 Å². The van der Waals surface area contributed by atoms with Gasteiger partial charge in [0.15, 0.2) is 0 Å². The van der Waals surface area contributed by atoms with Gasteiger partial charge in [0.1, 0.15) is 4.21 Å². The van der Waals surface area contributed by atoms with Crippen LogP contribution in [0.5, 0.6) is 0 Å². The third kappa shape index (κ3) is 5.20. The van der Waals surface area contributed by atoms with Crippen LogP contribution in [0.15, 0.2) is 46.0 Å². The van der Waals surface area contributed by atoms with Crippen molar-refractivity contribution in [1.82, 2.24) is 9.62 Å². The Balaban J connectivity index is 1.50. The number of nitrogens with one attached hydrogen (secondary N) is 2. The summed E-state index contributed by atoms with van der Waals surface area (Å²) >= 11 is 1.22. The van der Waals surface area contributed by atoms with Crippen molar-refractivity contribution in [3.8, 4) is 0 Å². The SMILES string of the molecule is CCc1ccc(NC(=O)[C@H](C)N2CCC(NS(=O)(=O)c3cccs3)CC2)cc1. The van der Waals surface area contributed by atoms with Gasteiger partial charge in [0.2, 0.25) is 15.9 Å². The molecule has 2 heterocycles. The van der Waals surface area contributed by atoms with Gasteiger partial charge in [0.05, 0.1) is 6.04 Å². The Morgan fingerprint density at radius 3 is 2.46 bits per heavy atom. The molecule has 1 aromatic heterocycles. The van der Waals surface area contributed by atoms with Crippen molar-refractivity contribution in [2.24, 2.45) is 0 Å². The first-order chi connectivity index (χ1) is 13.4. The topological polar surface area (TPSA) is 78.5 Å². The summed E-state index contributed by atoms with van der Waals surface area (Å²) in [5, 5.41) is 4.72. The molecule has 0 aliphatic carbocycles. The van der Waals surface area contributed by atoms with E-state index in [2.05, 4.69) is 21.9 Å². The number of amides is 1. The molecule has 28 heavy (non-hydrogen) atoms. The van der Waals surface area contributed by atoms with Gasteiger partial charge in [-0.05, 0) is 55.3 Å². The van der Waals surface area contributed by atoms with Gasteiger partial charge in [0, 0.05) is 24.8 Å². The lowest BCUT2D eigenvalue weighted by Gasteiger charge is -2.35. The van der Waals surface area contributed by atoms with Crippen LogP contribution >= 0.6 is 11.3 Å². The van der Waals surface area contributed by atoms with Gasteiger partial charge in [-0.25, -0.2) is 13.1 Å². The first-order valence-electron chi connectivity index (χ1n) is 9.58. The van der Waals surface area contributed by atoms with Crippen LogP contribution in [-0.4, -0.2) is 44.4 Å². The maximum absolute atomic E-state index is 12.6. The quantitative estimate of drug-likeness (QED) is 0.720. The molecule has 0 radical (unpaired) electrons. The van der Waals surface area contributed by atoms with E-state index in [-0.39, 0.29) is 18.0 Å². The van der Waals surface area contributed by atoms with E-state index >= 15 is 0 Å². The molecule has 1 atom stereocenters. The molecule has 0 unspecified atom stereocenters. The number of likely N-dealkylation sites (tertiary alicyclic amines) is 1. The van der Waals surface area contributed by atoms with Crippen LogP contribution in [0.4, 0.5) is 5.69 Å². The lowest BCUT2D eigenvalue weighted by molar-refractivity contribution is -0.121. The zero-order chi connectivity index (χ0) is 20.1. The van der Waals surface area contributed by atoms with E-state index in [1.807, 2.05) is 31.2 Å². The van der Waals surface area contributed by atoms with Gasteiger partial charge in [-0.3, -0.25) is 9.69 Å². The second-order valence-electron chi connectivity index (χ2n) is 7.08. The van der Waals surface area contributed by atoms with Crippen LogP contribution < -0.4 is 10.0 Å². The van der Waals surface area contributed by atoms with Crippen molar-refractivity contribution >= 4 is 33.0 Å². The summed E-state index contributed by atoms with van der Waals surface area (Å²) in [6.45, 7) is 5.35. The highest BCUT2D eigenvalue weighted by Crippen LogP contribution is 2.20. The van der Waals surface area contributed by atoms with Crippen LogP contribution in [0.3, 0.4) is 0 Å². The van der Waals surface area contributed by atoms with E-state index in [0.717, 1.165) is 12.1 Å². The highest BCUT2D eigenvalue weighted by Gasteiger charge is 2.29. The normalized spacial score (nSPS) is 17.4. The molecule has 0 saturated carbocycles. The molecule has 152 valence electrons. The number of rotatable bonds is 7. The highest BCUT2D eigenvalue weighted by molar-refractivity contribution is 7.91. The lowest BCUT2D eigenvalue weighted by Crippen LogP contribution is -2.50. The Hall–Kier alpha value is -1.74. The third-order valence-corrected chi connectivity index (χ3v) is 8.09. The van der Waals surface area contributed by atoms with E-state index in [1.54, 1.807) is 17.5 Å². The van der Waals surface area contributed by atoms with E-state index in [9.17, 15) is 13.2 Å². The summed E-state index contributed by atoms with van der Waals surface area (Å²) in [4.78, 5) is 14.7. The second-order valence-corrected chi connectivity index (χ2v) is 9.97. The van der Waals surface area contributed by atoms with E-state index in [4.69, 9.17) is 0 Å². The monoisotopic (exact) mass is 421 g/mol. The van der Waals surface area contributed by atoms with E-state index < -0.39 is 10.0 Å². The summed E-state index contributed by atoms with van der Waals surface area (Å²) in [6.07, 6.45) is 2.34. The summed E-state index contributed by atoms with van der Waals surface area (Å²) < 4.78 is 27.8. The molecule has 3 rings (SSSR count). The number of thiophene rings is 1. The molecule has 1 fully saturated rings. The molecule has 1 amide bonds. The molecule has 8 heteroatoms. The number of anilines is 1. The predicted octanol–water partition coefficient (Wildman–Crippen LogP) is 3.08. The minimum Gasteiger partial charge on any atom is -0.325 e. The van der Waals surface area contributed by atoms with Gasteiger partial charge in [-0.15, -0.1) is 11.3 Å². The molecule has 0 spiro atoms. The Morgan fingerprint density at radius 1 is 1.21 bits per heavy atom. The molecule has 2 aromatic rings. The Kier molecular flexibility index (Phi) is 6.87. The molecule has 6 nitrogen and oxygen atoms in total. The van der Waals surface area contributed by atoms with Crippen LogP contribution in [0, 0.1) is 0 Å². The smallest absolute Gasteiger partial charge is 0.250 e. The number of sulfonamides is 1. The fraction of sp³-hybridized carbons (Fsp3) is 0.450. The first-order valence-corrected chi connectivity index (χ1v) is 11.9. The number of carbonyl (C=O) groups excluding carboxylic acids is 1. The van der Waals surface area contributed by atoms with Crippen LogP contribution in [0.25, 0.3) is 0 Å². The molecule has 2 N–H and O–H groups in total. The zero-order valence-electron chi connectivity index (χ0n) is 16.2. The number of hydrogen-bond donors (Lipinski definition) is 2. The lowest BCUT2D eigenvalue weighted by atomic mass is 10.0. The Bertz CT molecular complexity index is 872. The van der Waals surface area contributed by atoms with Crippen molar-refractivity contribution in [3.05, 3.63) is 47.3 Å². The molecule has 1 aliphatic rings. The fourth-order valence-corrected chi connectivity index (χ4v) is 5.65. The number of benzene rings is 1. The van der Waals surface area contributed by atoms with Crippen molar-refractivity contribution in [3.63, 3.8) is 0 Å². The number of carbonyl (C=O) groups is 1.